The van der Waals surface area contributed by atoms with E-state index in [2.05, 4.69) is 36.5 Å². The Morgan fingerprint density at radius 3 is 2.35 bits per heavy atom. The standard InChI is InChI=1S/C15H21NO/c1-2-12-3-5-13(6-4-12)9-17-14-7-15(8-14)10-16-11-15/h3-6,14,16H,2,7-11H2,1H3. The molecule has 1 saturated heterocycles. The lowest BCUT2D eigenvalue weighted by Crippen LogP contribution is -2.62. The number of benzene rings is 1. The zero-order chi connectivity index (χ0) is 11.7. The first-order valence-electron chi connectivity index (χ1n) is 6.70. The van der Waals surface area contributed by atoms with E-state index in [9.17, 15) is 0 Å². The van der Waals surface area contributed by atoms with E-state index in [4.69, 9.17) is 4.74 Å². The number of hydrogen-bond donors (Lipinski definition) is 1. The van der Waals surface area contributed by atoms with Gasteiger partial charge in [-0.25, -0.2) is 0 Å². The minimum absolute atomic E-state index is 0.503. The van der Waals surface area contributed by atoms with Crippen LogP contribution in [0.15, 0.2) is 24.3 Å². The average molecular weight is 231 g/mol. The summed E-state index contributed by atoms with van der Waals surface area (Å²) in [6, 6.07) is 8.80. The largest absolute Gasteiger partial charge is 0.373 e. The van der Waals surface area contributed by atoms with Gasteiger partial charge in [-0.05, 0) is 30.4 Å². The van der Waals surface area contributed by atoms with Crippen LogP contribution >= 0.6 is 0 Å². The molecule has 0 radical (unpaired) electrons. The van der Waals surface area contributed by atoms with Crippen LogP contribution in [0.3, 0.4) is 0 Å². The lowest BCUT2D eigenvalue weighted by atomic mass is 9.63. The van der Waals surface area contributed by atoms with Crippen LogP contribution in [0.1, 0.15) is 30.9 Å². The molecule has 2 fully saturated rings. The van der Waals surface area contributed by atoms with Gasteiger partial charge in [-0.3, -0.25) is 0 Å². The van der Waals surface area contributed by atoms with Gasteiger partial charge in [-0.2, -0.15) is 0 Å². The highest BCUT2D eigenvalue weighted by Gasteiger charge is 2.48. The predicted octanol–water partition coefficient (Wildman–Crippen LogP) is 2.52. The van der Waals surface area contributed by atoms with Gasteiger partial charge >= 0.3 is 0 Å². The third-order valence-electron chi connectivity index (χ3n) is 4.24. The van der Waals surface area contributed by atoms with Crippen LogP contribution in [0.5, 0.6) is 0 Å². The average Bonchev–Trinajstić information content (AvgIpc) is 2.26. The Kier molecular flexibility index (Phi) is 2.93. The van der Waals surface area contributed by atoms with Crippen molar-refractivity contribution in [2.24, 2.45) is 5.41 Å². The smallest absolute Gasteiger partial charge is 0.0720 e. The van der Waals surface area contributed by atoms with Crippen LogP contribution in [0, 0.1) is 5.41 Å². The monoisotopic (exact) mass is 231 g/mol. The van der Waals surface area contributed by atoms with E-state index in [1.807, 2.05) is 0 Å². The van der Waals surface area contributed by atoms with Gasteiger partial charge in [0.1, 0.15) is 0 Å². The number of aryl methyl sites for hydroxylation is 1. The van der Waals surface area contributed by atoms with Crippen LogP contribution < -0.4 is 5.32 Å². The molecule has 0 unspecified atom stereocenters. The Hall–Kier alpha value is -0.860. The molecular weight excluding hydrogens is 210 g/mol. The normalized spacial score (nSPS) is 22.2. The van der Waals surface area contributed by atoms with E-state index in [1.165, 1.54) is 37.1 Å². The summed E-state index contributed by atoms with van der Waals surface area (Å²) in [7, 11) is 0. The van der Waals surface area contributed by atoms with Crippen molar-refractivity contribution in [1.82, 2.24) is 5.32 Å². The third-order valence-corrected chi connectivity index (χ3v) is 4.24. The van der Waals surface area contributed by atoms with Gasteiger partial charge in [-0.1, -0.05) is 31.2 Å². The molecule has 1 aromatic rings. The maximum atomic E-state index is 5.94. The molecule has 1 aliphatic carbocycles. The highest BCUT2D eigenvalue weighted by molar-refractivity contribution is 5.21. The second kappa shape index (κ2) is 4.43. The van der Waals surface area contributed by atoms with E-state index in [1.54, 1.807) is 0 Å². The second-order valence-corrected chi connectivity index (χ2v) is 5.61. The van der Waals surface area contributed by atoms with Crippen LogP contribution in [0.25, 0.3) is 0 Å². The zero-order valence-corrected chi connectivity index (χ0v) is 10.5. The quantitative estimate of drug-likeness (QED) is 0.859. The van der Waals surface area contributed by atoms with Gasteiger partial charge in [0.25, 0.3) is 0 Å². The second-order valence-electron chi connectivity index (χ2n) is 5.61. The molecule has 1 aromatic carbocycles. The molecule has 1 aliphatic heterocycles. The van der Waals surface area contributed by atoms with Crippen LogP contribution in [-0.2, 0) is 17.8 Å². The fraction of sp³-hybridized carbons (Fsp3) is 0.600. The van der Waals surface area contributed by atoms with Gasteiger partial charge in [0.2, 0.25) is 0 Å². The van der Waals surface area contributed by atoms with Gasteiger partial charge in [0.15, 0.2) is 0 Å². The lowest BCUT2D eigenvalue weighted by molar-refractivity contribution is -0.109. The number of nitrogens with one attached hydrogen (secondary N) is 1. The molecule has 0 amide bonds. The van der Waals surface area contributed by atoms with Gasteiger partial charge in [-0.15, -0.1) is 0 Å². The summed E-state index contributed by atoms with van der Waals surface area (Å²) in [5.74, 6) is 0. The molecule has 0 atom stereocenters. The maximum absolute atomic E-state index is 5.94. The molecule has 1 saturated carbocycles. The summed E-state index contributed by atoms with van der Waals surface area (Å²) in [5, 5.41) is 3.36. The zero-order valence-electron chi connectivity index (χ0n) is 10.5. The van der Waals surface area contributed by atoms with E-state index in [0.29, 0.717) is 11.5 Å². The van der Waals surface area contributed by atoms with Crippen molar-refractivity contribution in [3.63, 3.8) is 0 Å². The van der Waals surface area contributed by atoms with Crippen molar-refractivity contribution in [3.8, 4) is 0 Å². The molecular formula is C15H21NO. The summed E-state index contributed by atoms with van der Waals surface area (Å²) >= 11 is 0. The van der Waals surface area contributed by atoms with Crippen molar-refractivity contribution in [1.29, 1.82) is 0 Å². The molecule has 0 aromatic heterocycles. The Morgan fingerprint density at radius 1 is 1.18 bits per heavy atom. The molecule has 1 heterocycles. The molecule has 0 bridgehead atoms. The molecule has 2 heteroatoms. The molecule has 17 heavy (non-hydrogen) atoms. The van der Waals surface area contributed by atoms with Crippen LogP contribution in [-0.4, -0.2) is 19.2 Å². The van der Waals surface area contributed by atoms with E-state index in [0.717, 1.165) is 13.0 Å². The molecule has 1 spiro atoms. The Balaban J connectivity index is 1.44. The minimum Gasteiger partial charge on any atom is -0.373 e. The van der Waals surface area contributed by atoms with Crippen LogP contribution in [0.2, 0.25) is 0 Å². The minimum atomic E-state index is 0.503. The highest BCUT2D eigenvalue weighted by atomic mass is 16.5. The van der Waals surface area contributed by atoms with E-state index in [-0.39, 0.29) is 0 Å². The van der Waals surface area contributed by atoms with Gasteiger partial charge < -0.3 is 10.1 Å². The SMILES string of the molecule is CCc1ccc(COC2CC3(CNC3)C2)cc1. The predicted molar refractivity (Wildman–Crippen MR) is 68.9 cm³/mol. The van der Waals surface area contributed by atoms with E-state index >= 15 is 0 Å². The molecule has 92 valence electrons. The van der Waals surface area contributed by atoms with Crippen molar-refractivity contribution in [2.75, 3.05) is 13.1 Å². The van der Waals surface area contributed by atoms with Crippen molar-refractivity contribution < 1.29 is 4.74 Å². The van der Waals surface area contributed by atoms with Crippen molar-refractivity contribution >= 4 is 0 Å². The third kappa shape index (κ3) is 2.24. The summed E-state index contributed by atoms with van der Waals surface area (Å²) < 4.78 is 5.94. The first-order valence-corrected chi connectivity index (χ1v) is 6.70. The first-order chi connectivity index (χ1) is 8.30. The first kappa shape index (κ1) is 11.2. The lowest BCUT2D eigenvalue weighted by Gasteiger charge is -2.54. The van der Waals surface area contributed by atoms with Crippen LogP contribution in [0.4, 0.5) is 0 Å². The maximum Gasteiger partial charge on any atom is 0.0720 e. The Labute approximate surface area is 103 Å². The fourth-order valence-electron chi connectivity index (χ4n) is 2.88. The molecule has 2 nitrogen and oxygen atoms in total. The van der Waals surface area contributed by atoms with E-state index < -0.39 is 0 Å². The fourth-order valence-corrected chi connectivity index (χ4v) is 2.88. The summed E-state index contributed by atoms with van der Waals surface area (Å²) in [6.45, 7) is 5.38. The molecule has 3 rings (SSSR count). The van der Waals surface area contributed by atoms with Gasteiger partial charge in [0, 0.05) is 18.5 Å². The highest BCUT2D eigenvalue weighted by Crippen LogP contribution is 2.45. The number of ether oxygens (including phenoxy) is 1. The van der Waals surface area contributed by atoms with Gasteiger partial charge in [0.05, 0.1) is 12.7 Å². The van der Waals surface area contributed by atoms with Crippen molar-refractivity contribution in [3.05, 3.63) is 35.4 Å². The topological polar surface area (TPSA) is 21.3 Å². The summed E-state index contributed by atoms with van der Waals surface area (Å²) in [4.78, 5) is 0. The summed E-state index contributed by atoms with van der Waals surface area (Å²) in [5.41, 5.74) is 3.32. The molecule has 2 aliphatic rings. The Bertz CT molecular complexity index is 372. The summed E-state index contributed by atoms with van der Waals surface area (Å²) in [6.07, 6.45) is 4.13. The Morgan fingerprint density at radius 2 is 1.82 bits per heavy atom. The number of rotatable bonds is 4. The molecule has 1 N–H and O–H groups in total. The van der Waals surface area contributed by atoms with Crippen molar-refractivity contribution in [2.45, 2.75) is 38.9 Å². The number of hydrogen-bond acceptors (Lipinski definition) is 2.